The van der Waals surface area contributed by atoms with Gasteiger partial charge >= 0.3 is 6.09 Å². The second-order valence-corrected chi connectivity index (χ2v) is 4.62. The van der Waals surface area contributed by atoms with Crippen LogP contribution >= 0.6 is 0 Å². The molecule has 0 spiro atoms. The lowest BCUT2D eigenvalue weighted by atomic mass is 10.1. The van der Waals surface area contributed by atoms with Crippen LogP contribution in [0.3, 0.4) is 0 Å². The first-order valence-electron chi connectivity index (χ1n) is 6.63. The van der Waals surface area contributed by atoms with E-state index in [0.717, 1.165) is 5.56 Å². The molecule has 22 heavy (non-hydrogen) atoms. The van der Waals surface area contributed by atoms with E-state index in [4.69, 9.17) is 10.00 Å². The molecule has 2 rings (SSSR count). The Hall–Kier alpha value is -3.13. The van der Waals surface area contributed by atoms with E-state index in [9.17, 15) is 9.59 Å². The molecule has 0 fully saturated rings. The first kappa shape index (κ1) is 15.3. The summed E-state index contributed by atoms with van der Waals surface area (Å²) in [6.45, 7) is 1.51. The predicted molar refractivity (Wildman–Crippen MR) is 81.4 cm³/mol. The Morgan fingerprint density at radius 3 is 2.55 bits per heavy atom. The molecule has 2 aromatic carbocycles. The van der Waals surface area contributed by atoms with Gasteiger partial charge in [0.25, 0.3) is 0 Å². The Morgan fingerprint density at radius 1 is 1.18 bits per heavy atom. The average molecular weight is 294 g/mol. The highest BCUT2D eigenvalue weighted by Crippen LogP contribution is 2.18. The second-order valence-electron chi connectivity index (χ2n) is 4.62. The van der Waals surface area contributed by atoms with E-state index in [1.807, 2.05) is 36.4 Å². The van der Waals surface area contributed by atoms with Gasteiger partial charge in [-0.25, -0.2) is 4.79 Å². The predicted octanol–water partition coefficient (Wildman–Crippen LogP) is 3.51. The number of anilines is 1. The van der Waals surface area contributed by atoms with Crippen LogP contribution in [0, 0.1) is 11.3 Å². The molecule has 1 amide bonds. The van der Waals surface area contributed by atoms with Gasteiger partial charge in [0.15, 0.2) is 5.78 Å². The number of amides is 1. The number of hydrogen-bond acceptors (Lipinski definition) is 4. The summed E-state index contributed by atoms with van der Waals surface area (Å²) in [5.74, 6) is -0.240. The fourth-order valence-electron chi connectivity index (χ4n) is 1.88. The molecule has 0 aliphatic heterocycles. The van der Waals surface area contributed by atoms with Crippen LogP contribution < -0.4 is 5.32 Å². The number of carbonyl (C=O) groups is 2. The van der Waals surface area contributed by atoms with Gasteiger partial charge in [-0.15, -0.1) is 0 Å². The van der Waals surface area contributed by atoms with E-state index >= 15 is 0 Å². The van der Waals surface area contributed by atoms with E-state index in [1.165, 1.54) is 25.1 Å². The van der Waals surface area contributed by atoms with E-state index < -0.39 is 6.09 Å². The average Bonchev–Trinajstić information content (AvgIpc) is 2.54. The lowest BCUT2D eigenvalue weighted by Crippen LogP contribution is -2.15. The van der Waals surface area contributed by atoms with Gasteiger partial charge in [-0.2, -0.15) is 5.26 Å². The molecule has 0 radical (unpaired) electrons. The van der Waals surface area contributed by atoms with E-state index in [0.29, 0.717) is 11.3 Å². The van der Waals surface area contributed by atoms with Crippen molar-refractivity contribution < 1.29 is 14.3 Å². The summed E-state index contributed by atoms with van der Waals surface area (Å²) in [5.41, 5.74) is 1.82. The molecular formula is C17H14N2O3. The molecule has 0 heterocycles. The zero-order valence-corrected chi connectivity index (χ0v) is 12.0. The number of hydrogen-bond donors (Lipinski definition) is 1. The molecule has 1 N–H and O–H groups in total. The zero-order chi connectivity index (χ0) is 15.9. The van der Waals surface area contributed by atoms with Crippen LogP contribution in [-0.4, -0.2) is 11.9 Å². The fraction of sp³-hybridized carbons (Fsp3) is 0.118. The van der Waals surface area contributed by atoms with Crippen LogP contribution in [0.25, 0.3) is 0 Å². The molecule has 110 valence electrons. The van der Waals surface area contributed by atoms with Crippen molar-refractivity contribution in [2.75, 3.05) is 5.32 Å². The van der Waals surface area contributed by atoms with Crippen LogP contribution in [0.1, 0.15) is 28.4 Å². The van der Waals surface area contributed by atoms with Gasteiger partial charge in [0, 0.05) is 5.56 Å². The maximum Gasteiger partial charge on any atom is 0.411 e. The van der Waals surface area contributed by atoms with Crippen LogP contribution in [-0.2, 0) is 11.3 Å². The van der Waals surface area contributed by atoms with Gasteiger partial charge in [0.2, 0.25) is 0 Å². The lowest BCUT2D eigenvalue weighted by molar-refractivity contribution is 0.101. The molecule has 0 saturated heterocycles. The van der Waals surface area contributed by atoms with Crippen molar-refractivity contribution in [2.45, 2.75) is 13.5 Å². The summed E-state index contributed by atoms with van der Waals surface area (Å²) in [6.07, 6.45) is -0.656. The highest BCUT2D eigenvalue weighted by atomic mass is 16.5. The number of rotatable bonds is 4. The number of ketones is 1. The summed E-state index contributed by atoms with van der Waals surface area (Å²) in [4.78, 5) is 23.4. The van der Waals surface area contributed by atoms with Crippen molar-refractivity contribution in [3.63, 3.8) is 0 Å². The number of nitriles is 1. The molecule has 0 bridgehead atoms. The number of ether oxygens (including phenoxy) is 1. The van der Waals surface area contributed by atoms with Gasteiger partial charge in [0.1, 0.15) is 6.61 Å². The number of benzene rings is 2. The van der Waals surface area contributed by atoms with E-state index in [2.05, 4.69) is 5.32 Å². The van der Waals surface area contributed by atoms with Crippen molar-refractivity contribution in [1.29, 1.82) is 5.26 Å². The van der Waals surface area contributed by atoms with Gasteiger partial charge in [-0.1, -0.05) is 30.3 Å². The number of nitrogens with zero attached hydrogens (tertiary/aromatic N) is 1. The standard InChI is InChI=1S/C17H14N2O3/c1-12(20)15-9-14(10-18)7-8-16(15)19-17(21)22-11-13-5-3-2-4-6-13/h2-9H,11H2,1H3,(H,19,21). The maximum absolute atomic E-state index is 11.8. The van der Waals surface area contributed by atoms with Gasteiger partial charge < -0.3 is 4.74 Å². The Bertz CT molecular complexity index is 733. The molecule has 0 aliphatic rings. The third kappa shape index (κ3) is 3.93. The summed E-state index contributed by atoms with van der Waals surface area (Å²) in [6, 6.07) is 15.7. The smallest absolute Gasteiger partial charge is 0.411 e. The first-order valence-corrected chi connectivity index (χ1v) is 6.63. The zero-order valence-electron chi connectivity index (χ0n) is 12.0. The normalized spacial score (nSPS) is 9.64. The Kier molecular flexibility index (Phi) is 4.89. The topological polar surface area (TPSA) is 79.2 Å². The number of carbonyl (C=O) groups excluding carboxylic acids is 2. The molecule has 5 heteroatoms. The summed E-state index contributed by atoms with van der Waals surface area (Å²) < 4.78 is 5.10. The highest BCUT2D eigenvalue weighted by molar-refractivity contribution is 6.02. The third-order valence-corrected chi connectivity index (χ3v) is 2.98. The van der Waals surface area contributed by atoms with Gasteiger partial charge in [0.05, 0.1) is 17.3 Å². The quantitative estimate of drug-likeness (QED) is 0.875. The molecule has 0 unspecified atom stereocenters. The molecule has 0 saturated carbocycles. The minimum absolute atomic E-state index is 0.137. The molecule has 5 nitrogen and oxygen atoms in total. The summed E-state index contributed by atoms with van der Waals surface area (Å²) in [5, 5.41) is 11.4. The van der Waals surface area contributed by atoms with Crippen molar-refractivity contribution in [2.24, 2.45) is 0 Å². The van der Waals surface area contributed by atoms with Crippen molar-refractivity contribution in [3.8, 4) is 6.07 Å². The third-order valence-electron chi connectivity index (χ3n) is 2.98. The highest BCUT2D eigenvalue weighted by Gasteiger charge is 2.12. The number of Topliss-reactive ketones (excluding diaryl/α,β-unsaturated/α-hetero) is 1. The van der Waals surface area contributed by atoms with Gasteiger partial charge in [-0.3, -0.25) is 10.1 Å². The molecular weight excluding hydrogens is 280 g/mol. The molecule has 0 aromatic heterocycles. The number of nitrogens with one attached hydrogen (secondary N) is 1. The summed E-state index contributed by atoms with van der Waals surface area (Å²) in [7, 11) is 0. The van der Waals surface area contributed by atoms with Crippen LogP contribution in [0.2, 0.25) is 0 Å². The minimum Gasteiger partial charge on any atom is -0.444 e. The molecule has 2 aromatic rings. The molecule has 0 aliphatic carbocycles. The maximum atomic E-state index is 11.8. The largest absolute Gasteiger partial charge is 0.444 e. The van der Waals surface area contributed by atoms with Crippen LogP contribution in [0.4, 0.5) is 10.5 Å². The summed E-state index contributed by atoms with van der Waals surface area (Å²) >= 11 is 0. The Labute approximate surface area is 128 Å². The second kappa shape index (κ2) is 7.04. The SMILES string of the molecule is CC(=O)c1cc(C#N)ccc1NC(=O)OCc1ccccc1. The van der Waals surface area contributed by atoms with Gasteiger partial charge in [-0.05, 0) is 30.7 Å². The Morgan fingerprint density at radius 2 is 1.91 bits per heavy atom. The Balaban J connectivity index is 2.05. The van der Waals surface area contributed by atoms with E-state index in [1.54, 1.807) is 0 Å². The van der Waals surface area contributed by atoms with Crippen LogP contribution in [0.15, 0.2) is 48.5 Å². The van der Waals surface area contributed by atoms with E-state index in [-0.39, 0.29) is 18.0 Å². The van der Waals surface area contributed by atoms with Crippen LogP contribution in [0.5, 0.6) is 0 Å². The minimum atomic E-state index is -0.656. The lowest BCUT2D eigenvalue weighted by Gasteiger charge is -2.10. The first-order chi connectivity index (χ1) is 10.6. The monoisotopic (exact) mass is 294 g/mol. The van der Waals surface area contributed by atoms with Crippen molar-refractivity contribution >= 4 is 17.6 Å². The molecule has 0 atom stereocenters. The van der Waals surface area contributed by atoms with Crippen molar-refractivity contribution in [1.82, 2.24) is 0 Å². The fourth-order valence-corrected chi connectivity index (χ4v) is 1.88. The van der Waals surface area contributed by atoms with Crippen molar-refractivity contribution in [3.05, 3.63) is 65.2 Å².